The van der Waals surface area contributed by atoms with Crippen LogP contribution in [-0.2, 0) is 9.59 Å². The van der Waals surface area contributed by atoms with E-state index in [2.05, 4.69) is 26.2 Å². The molecular weight excluding hydrogens is 444 g/mol. The minimum Gasteiger partial charge on any atom is -0.310 e. The number of pyridine rings is 1. The molecule has 1 aliphatic rings. The fraction of sp³-hybridized carbons (Fsp3) is 0.263. The number of anilines is 1. The lowest BCUT2D eigenvalue weighted by Crippen LogP contribution is -2.45. The predicted molar refractivity (Wildman–Crippen MR) is 112 cm³/mol. The van der Waals surface area contributed by atoms with Crippen molar-refractivity contribution in [2.24, 2.45) is 0 Å². The average molecular weight is 463 g/mol. The minimum atomic E-state index is -0.222. The number of aromatic nitrogens is 1. The average Bonchev–Trinajstić information content (AvgIpc) is 3.18. The van der Waals surface area contributed by atoms with Crippen LogP contribution in [0.4, 0.5) is 5.82 Å². The lowest BCUT2D eigenvalue weighted by atomic mass is 10.2. The van der Waals surface area contributed by atoms with Gasteiger partial charge in [-0.25, -0.2) is 9.99 Å². The molecule has 9 heteroatoms. The van der Waals surface area contributed by atoms with E-state index in [1.54, 1.807) is 48.7 Å². The zero-order chi connectivity index (χ0) is 19.9. The van der Waals surface area contributed by atoms with Crippen molar-refractivity contribution in [1.82, 2.24) is 15.0 Å². The Kier molecular flexibility index (Phi) is 7.05. The first-order valence-corrected chi connectivity index (χ1v) is 10.7. The van der Waals surface area contributed by atoms with Crippen LogP contribution in [0, 0.1) is 0 Å². The maximum absolute atomic E-state index is 12.7. The lowest BCUT2D eigenvalue weighted by Gasteiger charge is -2.28. The third-order valence-corrected chi connectivity index (χ3v) is 5.48. The summed E-state index contributed by atoms with van der Waals surface area (Å²) in [4.78, 5) is 41.2. The minimum absolute atomic E-state index is 0.125. The number of nitrogens with zero attached hydrogens (tertiary/aromatic N) is 3. The maximum Gasteiger partial charge on any atom is 0.272 e. The normalized spacial score (nSPS) is 13.5. The van der Waals surface area contributed by atoms with Gasteiger partial charge in [-0.3, -0.25) is 19.4 Å². The molecule has 2 aromatic rings. The van der Waals surface area contributed by atoms with E-state index in [-0.39, 0.29) is 29.2 Å². The van der Waals surface area contributed by atoms with Gasteiger partial charge in [0.1, 0.15) is 5.82 Å². The SMILES string of the molecule is O=C(CSCC(=O)N1CCCN1C(=O)c1ccc(Br)cc1)Nc1ccccn1. The van der Waals surface area contributed by atoms with Gasteiger partial charge in [-0.1, -0.05) is 22.0 Å². The summed E-state index contributed by atoms with van der Waals surface area (Å²) in [5.41, 5.74) is 0.533. The van der Waals surface area contributed by atoms with Gasteiger partial charge in [-0.15, -0.1) is 11.8 Å². The van der Waals surface area contributed by atoms with E-state index in [0.717, 1.165) is 10.9 Å². The summed E-state index contributed by atoms with van der Waals surface area (Å²) in [6.45, 7) is 1.01. The van der Waals surface area contributed by atoms with E-state index in [1.807, 2.05) is 0 Å². The Morgan fingerprint density at radius 2 is 1.79 bits per heavy atom. The van der Waals surface area contributed by atoms with Gasteiger partial charge in [0, 0.05) is 29.3 Å². The van der Waals surface area contributed by atoms with Crippen LogP contribution in [0.2, 0.25) is 0 Å². The summed E-state index contributed by atoms with van der Waals surface area (Å²) in [5, 5.41) is 5.64. The molecule has 0 spiro atoms. The molecule has 0 saturated carbocycles. The summed E-state index contributed by atoms with van der Waals surface area (Å²) >= 11 is 4.56. The number of carbonyl (C=O) groups excluding carboxylic acids is 3. The number of benzene rings is 1. The van der Waals surface area contributed by atoms with Gasteiger partial charge in [-0.2, -0.15) is 0 Å². The van der Waals surface area contributed by atoms with Crippen molar-refractivity contribution in [1.29, 1.82) is 0 Å². The number of carbonyl (C=O) groups is 3. The molecule has 1 aromatic heterocycles. The quantitative estimate of drug-likeness (QED) is 0.713. The number of hydrogen-bond acceptors (Lipinski definition) is 5. The molecule has 1 N–H and O–H groups in total. The Morgan fingerprint density at radius 1 is 1.04 bits per heavy atom. The third-order valence-electron chi connectivity index (χ3n) is 4.04. The molecule has 0 unspecified atom stereocenters. The molecule has 1 fully saturated rings. The maximum atomic E-state index is 12.7. The largest absolute Gasteiger partial charge is 0.310 e. The van der Waals surface area contributed by atoms with Gasteiger partial charge >= 0.3 is 0 Å². The standard InChI is InChI=1S/C19H19BrN4O3S/c20-15-7-5-14(6-8-15)19(27)24-11-3-10-23(24)18(26)13-28-12-17(25)22-16-4-1-2-9-21-16/h1-2,4-9H,3,10-13H2,(H,21,22,25). The molecule has 0 atom stereocenters. The highest BCUT2D eigenvalue weighted by molar-refractivity contribution is 9.10. The molecule has 0 radical (unpaired) electrons. The van der Waals surface area contributed by atoms with Crippen molar-refractivity contribution in [2.45, 2.75) is 6.42 Å². The van der Waals surface area contributed by atoms with Crippen molar-refractivity contribution < 1.29 is 14.4 Å². The predicted octanol–water partition coefficient (Wildman–Crippen LogP) is 2.81. The second-order valence-corrected chi connectivity index (χ2v) is 7.96. The Balaban J connectivity index is 1.49. The monoisotopic (exact) mass is 462 g/mol. The van der Waals surface area contributed by atoms with Crippen molar-refractivity contribution in [2.75, 3.05) is 29.9 Å². The van der Waals surface area contributed by atoms with Crippen LogP contribution in [0.3, 0.4) is 0 Å². The molecule has 1 aromatic carbocycles. The van der Waals surface area contributed by atoms with Gasteiger partial charge in [-0.05, 0) is 42.8 Å². The van der Waals surface area contributed by atoms with Crippen LogP contribution < -0.4 is 5.32 Å². The van der Waals surface area contributed by atoms with Crippen LogP contribution in [0.1, 0.15) is 16.8 Å². The fourth-order valence-electron chi connectivity index (χ4n) is 2.74. The van der Waals surface area contributed by atoms with Gasteiger partial charge < -0.3 is 5.32 Å². The first kappa shape index (κ1) is 20.3. The van der Waals surface area contributed by atoms with Gasteiger partial charge in [0.2, 0.25) is 5.91 Å². The van der Waals surface area contributed by atoms with E-state index in [1.165, 1.54) is 21.8 Å². The van der Waals surface area contributed by atoms with Gasteiger partial charge in [0.05, 0.1) is 11.5 Å². The summed E-state index contributed by atoms with van der Waals surface area (Å²) in [6, 6.07) is 12.3. The lowest BCUT2D eigenvalue weighted by molar-refractivity contribution is -0.137. The van der Waals surface area contributed by atoms with E-state index in [4.69, 9.17) is 0 Å². The zero-order valence-corrected chi connectivity index (χ0v) is 17.4. The highest BCUT2D eigenvalue weighted by atomic mass is 79.9. The Bertz CT molecular complexity index is 848. The number of thioether (sulfide) groups is 1. The molecule has 1 saturated heterocycles. The van der Waals surface area contributed by atoms with Crippen molar-refractivity contribution in [3.05, 3.63) is 58.7 Å². The third kappa shape index (κ3) is 5.32. The molecule has 3 rings (SSSR count). The van der Waals surface area contributed by atoms with Crippen LogP contribution in [0.15, 0.2) is 53.1 Å². The van der Waals surface area contributed by atoms with Crippen LogP contribution in [0.5, 0.6) is 0 Å². The van der Waals surface area contributed by atoms with E-state index in [0.29, 0.717) is 24.5 Å². The van der Waals surface area contributed by atoms with E-state index >= 15 is 0 Å². The molecule has 0 aliphatic carbocycles. The molecule has 7 nitrogen and oxygen atoms in total. The van der Waals surface area contributed by atoms with Gasteiger partial charge in [0.25, 0.3) is 11.8 Å². The topological polar surface area (TPSA) is 82.6 Å². The highest BCUT2D eigenvalue weighted by Crippen LogP contribution is 2.18. The van der Waals surface area contributed by atoms with Crippen LogP contribution in [0.25, 0.3) is 0 Å². The number of rotatable bonds is 6. The second kappa shape index (κ2) is 9.70. The molecular formula is C19H19BrN4O3S. The zero-order valence-electron chi connectivity index (χ0n) is 15.0. The Hall–Kier alpha value is -2.39. The van der Waals surface area contributed by atoms with Crippen molar-refractivity contribution in [3.8, 4) is 0 Å². The number of halogens is 1. The Morgan fingerprint density at radius 3 is 2.50 bits per heavy atom. The molecule has 0 bridgehead atoms. The summed E-state index contributed by atoms with van der Waals surface area (Å²) < 4.78 is 0.888. The van der Waals surface area contributed by atoms with Crippen molar-refractivity contribution in [3.63, 3.8) is 0 Å². The smallest absolute Gasteiger partial charge is 0.272 e. The molecule has 1 aliphatic heterocycles. The number of amides is 3. The summed E-state index contributed by atoms with van der Waals surface area (Å²) in [5.74, 6) is 0.136. The number of hydrazine groups is 1. The molecule has 28 heavy (non-hydrogen) atoms. The number of hydrogen-bond donors (Lipinski definition) is 1. The van der Waals surface area contributed by atoms with Crippen LogP contribution >= 0.6 is 27.7 Å². The summed E-state index contributed by atoms with van der Waals surface area (Å²) in [7, 11) is 0. The Labute approximate surface area is 175 Å². The van der Waals surface area contributed by atoms with Gasteiger partial charge in [0.15, 0.2) is 0 Å². The first-order valence-electron chi connectivity index (χ1n) is 8.71. The van der Waals surface area contributed by atoms with Crippen LogP contribution in [-0.4, -0.2) is 57.3 Å². The first-order chi connectivity index (χ1) is 13.5. The molecule has 2 heterocycles. The second-order valence-electron chi connectivity index (χ2n) is 6.06. The van der Waals surface area contributed by atoms with Crippen molar-refractivity contribution >= 4 is 51.2 Å². The van der Waals surface area contributed by atoms with E-state index in [9.17, 15) is 14.4 Å². The summed E-state index contributed by atoms with van der Waals surface area (Å²) in [6.07, 6.45) is 2.33. The fourth-order valence-corrected chi connectivity index (χ4v) is 3.69. The molecule has 3 amide bonds. The number of nitrogens with one attached hydrogen (secondary N) is 1. The highest BCUT2D eigenvalue weighted by Gasteiger charge is 2.31. The van der Waals surface area contributed by atoms with E-state index < -0.39 is 0 Å². The molecule has 146 valence electrons.